The second-order valence-electron chi connectivity index (χ2n) is 10.6. The second-order valence-corrected chi connectivity index (χ2v) is 10.6. The lowest BCUT2D eigenvalue weighted by Gasteiger charge is -2.36. The number of anilines is 2. The molecule has 2 aromatic heterocycles. The fourth-order valence-corrected chi connectivity index (χ4v) is 4.25. The predicted octanol–water partition coefficient (Wildman–Crippen LogP) is 3.06. The predicted molar refractivity (Wildman–Crippen MR) is 133 cm³/mol. The molecule has 0 aromatic carbocycles. The van der Waals surface area contributed by atoms with Crippen molar-refractivity contribution in [2.75, 3.05) is 43.5 Å². The van der Waals surface area contributed by atoms with Crippen LogP contribution >= 0.6 is 0 Å². The Hall–Kier alpha value is -3.76. The number of nitrogens with one attached hydrogen (secondary N) is 2. The van der Waals surface area contributed by atoms with Crippen LogP contribution in [0.1, 0.15) is 61.1 Å². The number of furan rings is 1. The van der Waals surface area contributed by atoms with Crippen LogP contribution in [0.25, 0.3) is 0 Å². The van der Waals surface area contributed by atoms with E-state index in [2.05, 4.69) is 15.6 Å². The number of hydrogen-bond donors (Lipinski definition) is 2. The van der Waals surface area contributed by atoms with Crippen molar-refractivity contribution in [2.24, 2.45) is 0 Å². The zero-order valence-electron chi connectivity index (χ0n) is 21.6. The molecule has 0 bridgehead atoms. The Balaban J connectivity index is 1.44. The Kier molecular flexibility index (Phi) is 6.59. The van der Waals surface area contributed by atoms with Crippen molar-refractivity contribution < 1.29 is 28.3 Å². The zero-order chi connectivity index (χ0) is 26.3. The van der Waals surface area contributed by atoms with Gasteiger partial charge in [-0.15, -0.1) is 0 Å². The summed E-state index contributed by atoms with van der Waals surface area (Å²) in [7, 11) is 1.47. The Morgan fingerprint density at radius 2 is 1.86 bits per heavy atom. The maximum Gasteiger partial charge on any atom is 0.410 e. The fourth-order valence-electron chi connectivity index (χ4n) is 4.25. The highest BCUT2D eigenvalue weighted by Crippen LogP contribution is 2.30. The van der Waals surface area contributed by atoms with Gasteiger partial charge in [-0.2, -0.15) is 4.98 Å². The molecule has 11 heteroatoms. The quantitative estimate of drug-likeness (QED) is 0.657. The molecule has 1 saturated heterocycles. The van der Waals surface area contributed by atoms with Crippen LogP contribution in [0.3, 0.4) is 0 Å². The molecule has 0 radical (unpaired) electrons. The van der Waals surface area contributed by atoms with Crippen molar-refractivity contribution in [1.82, 2.24) is 15.2 Å². The summed E-state index contributed by atoms with van der Waals surface area (Å²) >= 11 is 0. The number of rotatable bonds is 4. The van der Waals surface area contributed by atoms with Crippen LogP contribution in [0.5, 0.6) is 5.88 Å². The van der Waals surface area contributed by atoms with Gasteiger partial charge in [-0.05, 0) is 46.8 Å². The molecule has 2 aliphatic rings. The molecule has 0 saturated carbocycles. The summed E-state index contributed by atoms with van der Waals surface area (Å²) in [4.78, 5) is 46.2. The average Bonchev–Trinajstić information content (AvgIpc) is 3.21. The molecular weight excluding hydrogens is 466 g/mol. The Morgan fingerprint density at radius 3 is 2.50 bits per heavy atom. The van der Waals surface area contributed by atoms with E-state index in [1.165, 1.54) is 13.4 Å². The molecule has 36 heavy (non-hydrogen) atoms. The van der Waals surface area contributed by atoms with Crippen LogP contribution < -0.4 is 20.3 Å². The van der Waals surface area contributed by atoms with E-state index in [4.69, 9.17) is 13.9 Å². The van der Waals surface area contributed by atoms with Gasteiger partial charge in [-0.3, -0.25) is 9.59 Å². The summed E-state index contributed by atoms with van der Waals surface area (Å²) in [6, 6.07) is 3.48. The highest BCUT2D eigenvalue weighted by atomic mass is 16.6. The molecule has 0 spiro atoms. The van der Waals surface area contributed by atoms with Crippen LogP contribution in [0.15, 0.2) is 22.8 Å². The molecule has 1 fully saturated rings. The lowest BCUT2D eigenvalue weighted by atomic mass is 9.91. The van der Waals surface area contributed by atoms with Crippen molar-refractivity contribution in [2.45, 2.75) is 52.2 Å². The maximum atomic E-state index is 13.0. The summed E-state index contributed by atoms with van der Waals surface area (Å²) in [5, 5.41) is 5.67. The van der Waals surface area contributed by atoms with E-state index in [9.17, 15) is 14.4 Å². The molecular formula is C25H33N5O6. The van der Waals surface area contributed by atoms with Gasteiger partial charge >= 0.3 is 6.09 Å². The number of hydrogen-bond acceptors (Lipinski definition) is 8. The number of carbonyl (C=O) groups excluding carboxylic acids is 3. The van der Waals surface area contributed by atoms with Crippen molar-refractivity contribution in [1.29, 1.82) is 0 Å². The van der Waals surface area contributed by atoms with Gasteiger partial charge in [0.25, 0.3) is 11.8 Å². The molecule has 4 rings (SSSR count). The molecule has 4 heterocycles. The number of ether oxygens (including phenoxy) is 2. The highest BCUT2D eigenvalue weighted by Gasteiger charge is 2.36. The summed E-state index contributed by atoms with van der Waals surface area (Å²) in [5.41, 5.74) is -0.220. The normalized spacial score (nSPS) is 17.2. The molecule has 0 atom stereocenters. The SMILES string of the molecule is COc1nc(N2CCN(C(=O)OC(C)(C)C)CC2)ccc1NC(=O)c1coc2c1C(=O)NC(C)(C)C2. The monoisotopic (exact) mass is 499 g/mol. The van der Waals surface area contributed by atoms with E-state index in [1.807, 2.05) is 39.5 Å². The molecule has 3 amide bonds. The number of pyridine rings is 1. The van der Waals surface area contributed by atoms with Gasteiger partial charge in [0, 0.05) is 38.1 Å². The third kappa shape index (κ3) is 5.39. The lowest BCUT2D eigenvalue weighted by Crippen LogP contribution is -2.50. The minimum absolute atomic E-state index is 0.155. The number of piperazine rings is 1. The molecule has 194 valence electrons. The molecule has 2 aliphatic heterocycles. The van der Waals surface area contributed by atoms with Gasteiger partial charge in [0.15, 0.2) is 0 Å². The van der Waals surface area contributed by atoms with Gasteiger partial charge in [0.1, 0.15) is 29.1 Å². The second kappa shape index (κ2) is 9.36. The van der Waals surface area contributed by atoms with E-state index >= 15 is 0 Å². The van der Waals surface area contributed by atoms with Crippen LogP contribution in [-0.4, -0.2) is 72.2 Å². The summed E-state index contributed by atoms with van der Waals surface area (Å²) in [6.07, 6.45) is 1.46. The largest absolute Gasteiger partial charge is 0.479 e. The summed E-state index contributed by atoms with van der Waals surface area (Å²) in [5.74, 6) is 0.550. The van der Waals surface area contributed by atoms with Crippen molar-refractivity contribution >= 4 is 29.4 Å². The average molecular weight is 500 g/mol. The van der Waals surface area contributed by atoms with Gasteiger partial charge < -0.3 is 34.3 Å². The van der Waals surface area contributed by atoms with E-state index in [0.29, 0.717) is 49.9 Å². The zero-order valence-corrected chi connectivity index (χ0v) is 21.6. The lowest BCUT2D eigenvalue weighted by molar-refractivity contribution is 0.0240. The topological polar surface area (TPSA) is 126 Å². The standard InChI is InChI=1S/C25H33N5O6/c1-24(2,3)36-23(33)30-11-9-29(10-12-30)18-8-7-16(22(27-18)34-6)26-20(31)15-14-35-17-13-25(4,5)28-21(32)19(15)17/h7-8,14H,9-13H2,1-6H3,(H,26,31)(H,28,32). The van der Waals surface area contributed by atoms with Crippen molar-refractivity contribution in [3.8, 4) is 5.88 Å². The van der Waals surface area contributed by atoms with Gasteiger partial charge in [0.2, 0.25) is 5.88 Å². The Labute approximate surface area is 210 Å². The molecule has 0 unspecified atom stereocenters. The molecule has 11 nitrogen and oxygen atoms in total. The van der Waals surface area contributed by atoms with E-state index in [0.717, 1.165) is 0 Å². The van der Waals surface area contributed by atoms with Crippen LogP contribution in [0, 0.1) is 0 Å². The molecule has 0 aliphatic carbocycles. The first-order chi connectivity index (χ1) is 16.9. The molecule has 2 aromatic rings. The van der Waals surface area contributed by atoms with Gasteiger partial charge in [0.05, 0.1) is 18.2 Å². The van der Waals surface area contributed by atoms with E-state index < -0.39 is 17.0 Å². The minimum Gasteiger partial charge on any atom is -0.479 e. The van der Waals surface area contributed by atoms with Gasteiger partial charge in [-0.1, -0.05) is 0 Å². The Bertz CT molecular complexity index is 1170. The van der Waals surface area contributed by atoms with Crippen LogP contribution in [-0.2, 0) is 11.2 Å². The smallest absolute Gasteiger partial charge is 0.410 e. The number of amides is 3. The van der Waals surface area contributed by atoms with E-state index in [-0.39, 0.29) is 29.0 Å². The van der Waals surface area contributed by atoms with Crippen LogP contribution in [0.2, 0.25) is 0 Å². The highest BCUT2D eigenvalue weighted by molar-refractivity contribution is 6.13. The summed E-state index contributed by atoms with van der Waals surface area (Å²) in [6.45, 7) is 11.5. The number of aromatic nitrogens is 1. The Morgan fingerprint density at radius 1 is 1.17 bits per heavy atom. The third-order valence-corrected chi connectivity index (χ3v) is 5.94. The first-order valence-electron chi connectivity index (χ1n) is 11.9. The van der Waals surface area contributed by atoms with Gasteiger partial charge in [-0.25, -0.2) is 4.79 Å². The van der Waals surface area contributed by atoms with Crippen LogP contribution in [0.4, 0.5) is 16.3 Å². The number of methoxy groups -OCH3 is 1. The first kappa shape index (κ1) is 25.3. The first-order valence-corrected chi connectivity index (χ1v) is 11.9. The summed E-state index contributed by atoms with van der Waals surface area (Å²) < 4.78 is 16.4. The van der Waals surface area contributed by atoms with E-state index in [1.54, 1.807) is 17.0 Å². The third-order valence-electron chi connectivity index (χ3n) is 5.94. The van der Waals surface area contributed by atoms with Crippen molar-refractivity contribution in [3.63, 3.8) is 0 Å². The number of carbonyl (C=O) groups is 3. The van der Waals surface area contributed by atoms with Crippen molar-refractivity contribution in [3.05, 3.63) is 35.3 Å². The number of nitrogens with zero attached hydrogens (tertiary/aromatic N) is 3. The number of fused-ring (bicyclic) bond motifs is 1. The fraction of sp³-hybridized carbons (Fsp3) is 0.520. The maximum absolute atomic E-state index is 13.0. The minimum atomic E-state index is -0.542. The molecule has 2 N–H and O–H groups in total.